The molecule has 0 aromatic carbocycles. The first-order valence-electron chi connectivity index (χ1n) is 9.82. The summed E-state index contributed by atoms with van der Waals surface area (Å²) in [5, 5.41) is 0. The highest BCUT2D eigenvalue weighted by Gasteiger charge is 2.39. The quantitative estimate of drug-likeness (QED) is 0.260. The molecule has 2 atom stereocenters. The lowest BCUT2D eigenvalue weighted by atomic mass is 9.69. The van der Waals surface area contributed by atoms with E-state index in [2.05, 4.69) is 13.5 Å². The van der Waals surface area contributed by atoms with Crippen LogP contribution in [0.15, 0.2) is 12.2 Å². The molecule has 0 saturated heterocycles. The number of carbonyl (C=O) groups is 3. The molecule has 4 N–H and O–H groups in total. The number of ether oxygens (including phenoxy) is 3. The molecule has 8 heteroatoms. The van der Waals surface area contributed by atoms with Crippen LogP contribution in [0.4, 0.5) is 9.59 Å². The van der Waals surface area contributed by atoms with Gasteiger partial charge in [-0.3, -0.25) is 0 Å². The van der Waals surface area contributed by atoms with Crippen molar-refractivity contribution in [3.63, 3.8) is 0 Å². The number of esters is 1. The van der Waals surface area contributed by atoms with Gasteiger partial charge in [-0.05, 0) is 38.5 Å². The Bertz CT molecular complexity index is 531. The Morgan fingerprint density at radius 3 is 1.96 bits per heavy atom. The second-order valence-corrected chi connectivity index (χ2v) is 7.13. The number of hydrogen-bond acceptors (Lipinski definition) is 6. The van der Waals surface area contributed by atoms with E-state index in [0.29, 0.717) is 18.4 Å². The Hall–Kier alpha value is -2.25. The van der Waals surface area contributed by atoms with Crippen molar-refractivity contribution >= 4 is 18.2 Å². The highest BCUT2D eigenvalue weighted by atomic mass is 16.6. The van der Waals surface area contributed by atoms with E-state index in [1.165, 1.54) is 0 Å². The zero-order valence-electron chi connectivity index (χ0n) is 17.6. The predicted molar refractivity (Wildman–Crippen MR) is 106 cm³/mol. The molecule has 0 aliphatic carbocycles. The number of nitrogens with two attached hydrogens (primary N) is 2. The summed E-state index contributed by atoms with van der Waals surface area (Å²) in [4.78, 5) is 33.9. The van der Waals surface area contributed by atoms with E-state index in [-0.39, 0.29) is 24.5 Å². The fourth-order valence-corrected chi connectivity index (χ4v) is 3.49. The summed E-state index contributed by atoms with van der Waals surface area (Å²) in [6.07, 6.45) is 2.00. The van der Waals surface area contributed by atoms with Crippen molar-refractivity contribution in [3.05, 3.63) is 12.2 Å². The van der Waals surface area contributed by atoms with Crippen molar-refractivity contribution in [2.45, 2.75) is 72.3 Å². The van der Waals surface area contributed by atoms with Crippen LogP contribution in [0.2, 0.25) is 0 Å². The lowest BCUT2D eigenvalue weighted by Crippen LogP contribution is -2.41. The molecule has 0 radical (unpaired) electrons. The fourth-order valence-electron chi connectivity index (χ4n) is 3.49. The summed E-state index contributed by atoms with van der Waals surface area (Å²) in [7, 11) is 0. The normalized spacial score (nSPS) is 13.3. The second kappa shape index (κ2) is 13.0. The maximum absolute atomic E-state index is 11.6. The molecule has 8 nitrogen and oxygen atoms in total. The largest absolute Gasteiger partial charge is 0.462 e. The highest BCUT2D eigenvalue weighted by molar-refractivity contribution is 5.86. The Balaban J connectivity index is 5.26. The minimum absolute atomic E-state index is 0.104. The molecule has 0 aromatic rings. The van der Waals surface area contributed by atoms with Crippen molar-refractivity contribution in [2.24, 2.45) is 22.8 Å². The van der Waals surface area contributed by atoms with Crippen molar-refractivity contribution < 1.29 is 28.6 Å². The number of amides is 2. The van der Waals surface area contributed by atoms with E-state index in [4.69, 9.17) is 25.7 Å². The zero-order chi connectivity index (χ0) is 21.7. The molecule has 0 aromatic heterocycles. The smallest absolute Gasteiger partial charge is 0.404 e. The lowest BCUT2D eigenvalue weighted by Gasteiger charge is -2.41. The predicted octanol–water partition coefficient (Wildman–Crippen LogP) is 3.67. The molecule has 0 fully saturated rings. The minimum atomic E-state index is -0.854. The molecule has 0 spiro atoms. The van der Waals surface area contributed by atoms with Crippen LogP contribution in [0.5, 0.6) is 0 Å². The molecule has 0 heterocycles. The average Bonchev–Trinajstić information content (AvgIpc) is 2.63. The third-order valence-electron chi connectivity index (χ3n) is 5.35. The number of primary amides is 2. The molecular formula is C20H36N2O6. The molecular weight excluding hydrogens is 364 g/mol. The van der Waals surface area contributed by atoms with Crippen molar-refractivity contribution in [1.29, 1.82) is 0 Å². The highest BCUT2D eigenvalue weighted by Crippen LogP contribution is 2.42. The van der Waals surface area contributed by atoms with Gasteiger partial charge in [0.15, 0.2) is 0 Å². The summed E-state index contributed by atoms with van der Waals surface area (Å²) >= 11 is 0. The number of hydrogen-bond donors (Lipinski definition) is 2. The van der Waals surface area contributed by atoms with Gasteiger partial charge in [-0.15, -0.1) is 0 Å². The van der Waals surface area contributed by atoms with Crippen LogP contribution in [-0.2, 0) is 19.0 Å². The van der Waals surface area contributed by atoms with Gasteiger partial charge in [-0.25, -0.2) is 14.4 Å². The molecule has 0 rings (SSSR count). The number of carbonyl (C=O) groups excluding carboxylic acids is 3. The molecule has 28 heavy (non-hydrogen) atoms. The Labute approximate surface area is 167 Å². The van der Waals surface area contributed by atoms with Gasteiger partial charge in [-0.2, -0.15) is 0 Å². The van der Waals surface area contributed by atoms with Gasteiger partial charge < -0.3 is 25.7 Å². The molecule has 2 amide bonds. The van der Waals surface area contributed by atoms with Gasteiger partial charge >= 0.3 is 18.2 Å². The van der Waals surface area contributed by atoms with Gasteiger partial charge in [0.25, 0.3) is 0 Å². The Morgan fingerprint density at radius 1 is 0.964 bits per heavy atom. The molecule has 0 aliphatic rings. The second-order valence-electron chi connectivity index (χ2n) is 7.13. The van der Waals surface area contributed by atoms with Gasteiger partial charge in [0, 0.05) is 17.4 Å². The zero-order valence-corrected chi connectivity index (χ0v) is 17.6. The van der Waals surface area contributed by atoms with Crippen LogP contribution < -0.4 is 11.5 Å². The van der Waals surface area contributed by atoms with Crippen LogP contribution in [0, 0.1) is 11.3 Å². The molecule has 0 aliphatic heterocycles. The first kappa shape index (κ1) is 25.8. The van der Waals surface area contributed by atoms with E-state index in [1.807, 2.05) is 13.8 Å². The van der Waals surface area contributed by atoms with E-state index in [0.717, 1.165) is 25.7 Å². The minimum Gasteiger partial charge on any atom is -0.462 e. The van der Waals surface area contributed by atoms with E-state index in [1.54, 1.807) is 6.92 Å². The molecule has 2 unspecified atom stereocenters. The summed E-state index contributed by atoms with van der Waals surface area (Å²) in [6.45, 7) is 11.6. The first-order valence-corrected chi connectivity index (χ1v) is 9.82. The summed E-state index contributed by atoms with van der Waals surface area (Å²) in [6, 6.07) is 0. The van der Waals surface area contributed by atoms with E-state index >= 15 is 0 Å². The average molecular weight is 401 g/mol. The van der Waals surface area contributed by atoms with Crippen LogP contribution in [0.25, 0.3) is 0 Å². The van der Waals surface area contributed by atoms with Crippen molar-refractivity contribution in [1.82, 2.24) is 0 Å². The van der Waals surface area contributed by atoms with Crippen LogP contribution >= 0.6 is 0 Å². The molecule has 0 saturated carbocycles. The van der Waals surface area contributed by atoms with E-state index in [9.17, 15) is 14.4 Å². The van der Waals surface area contributed by atoms with Crippen LogP contribution in [0.1, 0.15) is 66.2 Å². The van der Waals surface area contributed by atoms with Crippen LogP contribution in [-0.4, -0.2) is 37.5 Å². The van der Waals surface area contributed by atoms with Gasteiger partial charge in [0.2, 0.25) is 0 Å². The first-order chi connectivity index (χ1) is 13.1. The SMILES string of the molecule is C=C(C)C(=O)OCCC(OC(N)=O)C(CC)(CC)CC(CC)CCOC(N)=O. The monoisotopic (exact) mass is 400 g/mol. The van der Waals surface area contributed by atoms with Gasteiger partial charge in [-0.1, -0.05) is 33.8 Å². The summed E-state index contributed by atoms with van der Waals surface area (Å²) in [5.74, 6) is -0.234. The lowest BCUT2D eigenvalue weighted by molar-refractivity contribution is -0.140. The van der Waals surface area contributed by atoms with E-state index < -0.39 is 24.3 Å². The maximum Gasteiger partial charge on any atom is 0.404 e. The fraction of sp³-hybridized carbons (Fsp3) is 0.750. The third-order valence-corrected chi connectivity index (χ3v) is 5.35. The van der Waals surface area contributed by atoms with Crippen LogP contribution in [0.3, 0.4) is 0 Å². The van der Waals surface area contributed by atoms with Gasteiger partial charge in [0.05, 0.1) is 13.2 Å². The summed E-state index contributed by atoms with van der Waals surface area (Å²) in [5.41, 5.74) is 10.3. The molecule has 0 bridgehead atoms. The third kappa shape index (κ3) is 9.10. The summed E-state index contributed by atoms with van der Waals surface area (Å²) < 4.78 is 15.5. The topological polar surface area (TPSA) is 131 Å². The number of rotatable bonds is 14. The standard InChI is InChI=1S/C20H36N2O6/c1-6-15(9-11-27-18(21)24)13-20(7-2,8-3)16(28-19(22)25)10-12-26-17(23)14(4)5/h15-16H,4,6-13H2,1-3,5H3,(H2,21,24)(H2,22,25). The van der Waals surface area contributed by atoms with Crippen molar-refractivity contribution in [3.8, 4) is 0 Å². The Kier molecular flexibility index (Phi) is 12.0. The molecule has 162 valence electrons. The Morgan fingerprint density at radius 2 is 1.54 bits per heavy atom. The van der Waals surface area contributed by atoms with Crippen molar-refractivity contribution in [2.75, 3.05) is 13.2 Å². The maximum atomic E-state index is 11.6. The van der Waals surface area contributed by atoms with Gasteiger partial charge in [0.1, 0.15) is 6.10 Å².